The number of para-hydroxylation sites is 1. The summed E-state index contributed by atoms with van der Waals surface area (Å²) in [5.74, 6) is 0.309. The van der Waals surface area contributed by atoms with Crippen LogP contribution in [0.15, 0.2) is 53.6 Å². The summed E-state index contributed by atoms with van der Waals surface area (Å²) < 4.78 is 29.6. The molecule has 0 saturated carbocycles. The van der Waals surface area contributed by atoms with Gasteiger partial charge in [-0.1, -0.05) is 23.8 Å². The number of rotatable bonds is 5. The topological polar surface area (TPSA) is 94.3 Å². The number of primary sulfonamides is 1. The average Bonchev–Trinajstić information content (AvgIpc) is 2.73. The highest BCUT2D eigenvalue weighted by Gasteiger charge is 2.20. The Bertz CT molecular complexity index is 1170. The van der Waals surface area contributed by atoms with Gasteiger partial charge in [0, 0.05) is 35.8 Å². The van der Waals surface area contributed by atoms with Crippen LogP contribution in [0.5, 0.6) is 0 Å². The number of aryl methyl sites for hydroxylation is 1. The molecule has 1 aliphatic heterocycles. The second kappa shape index (κ2) is 8.34. The molecule has 0 radical (unpaired) electrons. The first-order valence-electron chi connectivity index (χ1n) is 10.2. The Hall–Kier alpha value is -2.48. The highest BCUT2D eigenvalue weighted by atomic mass is 32.2. The first kappa shape index (κ1) is 20.8. The molecule has 1 saturated heterocycles. The number of aromatic nitrogens is 1. The van der Waals surface area contributed by atoms with Crippen LogP contribution in [0, 0.1) is 6.92 Å². The van der Waals surface area contributed by atoms with Crippen molar-refractivity contribution in [3.8, 4) is 0 Å². The van der Waals surface area contributed by atoms with Crippen LogP contribution in [0.3, 0.4) is 0 Å². The first-order chi connectivity index (χ1) is 14.3. The third kappa shape index (κ3) is 4.33. The lowest BCUT2D eigenvalue weighted by Gasteiger charge is -2.23. The Morgan fingerprint density at radius 1 is 1.23 bits per heavy atom. The van der Waals surface area contributed by atoms with Gasteiger partial charge >= 0.3 is 0 Å². The van der Waals surface area contributed by atoms with Gasteiger partial charge in [0.05, 0.1) is 12.3 Å². The maximum Gasteiger partial charge on any atom is 0.240 e. The molecule has 3 aromatic rings. The normalized spacial score (nSPS) is 18.3. The molecule has 0 bridgehead atoms. The van der Waals surface area contributed by atoms with Gasteiger partial charge < -0.3 is 10.1 Å². The van der Waals surface area contributed by atoms with Crippen LogP contribution in [0.1, 0.15) is 48.5 Å². The molecule has 0 aliphatic carbocycles. The molecule has 4 rings (SSSR count). The fraction of sp³-hybridized carbons (Fsp3) is 0.348. The summed E-state index contributed by atoms with van der Waals surface area (Å²) in [4.78, 5) is 4.80. The first-order valence-corrected chi connectivity index (χ1v) is 11.7. The molecule has 2 heterocycles. The van der Waals surface area contributed by atoms with E-state index in [1.807, 2.05) is 13.1 Å². The van der Waals surface area contributed by atoms with Crippen LogP contribution in [0.25, 0.3) is 10.8 Å². The van der Waals surface area contributed by atoms with Gasteiger partial charge in [-0.05, 0) is 61.9 Å². The van der Waals surface area contributed by atoms with E-state index in [0.717, 1.165) is 47.0 Å². The average molecular weight is 426 g/mol. The predicted molar refractivity (Wildman–Crippen MR) is 119 cm³/mol. The fourth-order valence-electron chi connectivity index (χ4n) is 4.16. The quantitative estimate of drug-likeness (QED) is 0.637. The number of ether oxygens (including phenoxy) is 1. The fourth-order valence-corrected chi connectivity index (χ4v) is 4.86. The van der Waals surface area contributed by atoms with Gasteiger partial charge in [-0.25, -0.2) is 13.6 Å². The maximum absolute atomic E-state index is 12.0. The van der Waals surface area contributed by atoms with Gasteiger partial charge in [0.1, 0.15) is 4.90 Å². The van der Waals surface area contributed by atoms with Gasteiger partial charge in [0.15, 0.2) is 0 Å². The minimum atomic E-state index is -3.82. The molecule has 6 nitrogen and oxygen atoms in total. The summed E-state index contributed by atoms with van der Waals surface area (Å²) in [5.41, 5.74) is 3.76. The second-order valence-corrected chi connectivity index (χ2v) is 9.54. The third-order valence-corrected chi connectivity index (χ3v) is 6.61. The second-order valence-electron chi connectivity index (χ2n) is 8.01. The van der Waals surface area contributed by atoms with Crippen LogP contribution >= 0.6 is 0 Å². The zero-order chi connectivity index (χ0) is 21.3. The van der Waals surface area contributed by atoms with Crippen molar-refractivity contribution < 1.29 is 13.2 Å². The number of pyridine rings is 1. The van der Waals surface area contributed by atoms with Gasteiger partial charge in [-0.3, -0.25) is 4.98 Å². The van der Waals surface area contributed by atoms with Crippen molar-refractivity contribution in [1.82, 2.24) is 4.98 Å². The number of hydrogen-bond donors (Lipinski definition) is 2. The Kier molecular flexibility index (Phi) is 5.77. The van der Waals surface area contributed by atoms with E-state index in [0.29, 0.717) is 18.2 Å². The number of fused-ring (bicyclic) bond motifs is 1. The lowest BCUT2D eigenvalue weighted by molar-refractivity contribution is 0.0793. The van der Waals surface area contributed by atoms with E-state index in [9.17, 15) is 8.42 Å². The van der Waals surface area contributed by atoms with Crippen LogP contribution in [-0.4, -0.2) is 26.6 Å². The van der Waals surface area contributed by atoms with E-state index >= 15 is 0 Å². The molecular formula is C23H27N3O3S. The largest absolute Gasteiger partial charge is 0.381 e. The van der Waals surface area contributed by atoms with Crippen LogP contribution in [0.4, 0.5) is 5.69 Å². The number of nitrogens with two attached hydrogens (primary N) is 1. The summed E-state index contributed by atoms with van der Waals surface area (Å²) in [6, 6.07) is 13.0. The van der Waals surface area contributed by atoms with Gasteiger partial charge in [-0.2, -0.15) is 0 Å². The molecule has 1 unspecified atom stereocenters. The smallest absolute Gasteiger partial charge is 0.240 e. The van der Waals surface area contributed by atoms with Gasteiger partial charge in [-0.15, -0.1) is 0 Å². The van der Waals surface area contributed by atoms with Gasteiger partial charge in [0.2, 0.25) is 10.0 Å². The van der Waals surface area contributed by atoms with E-state index in [-0.39, 0.29) is 10.9 Å². The summed E-state index contributed by atoms with van der Waals surface area (Å²) in [5, 5.41) is 10.9. The number of anilines is 1. The summed E-state index contributed by atoms with van der Waals surface area (Å²) in [6.45, 7) is 5.60. The molecular weight excluding hydrogens is 398 g/mol. The van der Waals surface area contributed by atoms with E-state index < -0.39 is 10.0 Å². The van der Waals surface area contributed by atoms with E-state index in [2.05, 4.69) is 30.4 Å². The Balaban J connectivity index is 1.74. The maximum atomic E-state index is 12.0. The lowest BCUT2D eigenvalue weighted by atomic mass is 9.93. The molecule has 2 atom stereocenters. The Labute approximate surface area is 177 Å². The van der Waals surface area contributed by atoms with Gasteiger partial charge in [0.25, 0.3) is 0 Å². The van der Waals surface area contributed by atoms with E-state index in [4.69, 9.17) is 14.9 Å². The van der Waals surface area contributed by atoms with Crippen molar-refractivity contribution in [3.63, 3.8) is 0 Å². The van der Waals surface area contributed by atoms with Crippen molar-refractivity contribution in [1.29, 1.82) is 0 Å². The Morgan fingerprint density at radius 2 is 2.03 bits per heavy atom. The molecule has 1 fully saturated rings. The summed E-state index contributed by atoms with van der Waals surface area (Å²) >= 11 is 0. The number of hydrogen-bond acceptors (Lipinski definition) is 5. The Morgan fingerprint density at radius 3 is 2.77 bits per heavy atom. The van der Waals surface area contributed by atoms with Crippen molar-refractivity contribution >= 4 is 26.5 Å². The highest BCUT2D eigenvalue weighted by molar-refractivity contribution is 7.89. The zero-order valence-electron chi connectivity index (χ0n) is 17.3. The standard InChI is InChI=1S/C23H27N3O3S/c1-15-10-18-13-25-22(17-6-5-9-29-14-17)12-20(18)19(11-15)16(2)26-21-7-3-4-8-23(21)30(24,27)28/h3-4,7-8,10-13,16-17,26H,5-6,9,14H2,1-2H3,(H2,24,27,28)/t16-,17?/m1/s1. The predicted octanol–water partition coefficient (Wildman–Crippen LogP) is 4.26. The number of nitrogens with one attached hydrogen (secondary N) is 1. The molecule has 0 amide bonds. The van der Waals surface area contributed by atoms with Crippen LogP contribution < -0.4 is 10.5 Å². The third-order valence-electron chi connectivity index (χ3n) is 5.64. The van der Waals surface area contributed by atoms with Crippen molar-refractivity contribution in [3.05, 3.63) is 65.5 Å². The van der Waals surface area contributed by atoms with Crippen molar-refractivity contribution in [2.24, 2.45) is 5.14 Å². The molecule has 3 N–H and O–H groups in total. The minimum Gasteiger partial charge on any atom is -0.381 e. The van der Waals surface area contributed by atoms with E-state index in [1.165, 1.54) is 6.07 Å². The number of nitrogens with zero attached hydrogens (tertiary/aromatic N) is 1. The van der Waals surface area contributed by atoms with E-state index in [1.54, 1.807) is 18.2 Å². The van der Waals surface area contributed by atoms with Crippen LogP contribution in [0.2, 0.25) is 0 Å². The molecule has 2 aromatic carbocycles. The minimum absolute atomic E-state index is 0.0931. The van der Waals surface area contributed by atoms with Crippen molar-refractivity contribution in [2.45, 2.75) is 43.5 Å². The zero-order valence-corrected chi connectivity index (χ0v) is 18.1. The monoisotopic (exact) mass is 425 g/mol. The summed E-state index contributed by atoms with van der Waals surface area (Å²) in [6.07, 6.45) is 4.06. The number of benzene rings is 2. The molecule has 1 aromatic heterocycles. The van der Waals surface area contributed by atoms with Crippen LogP contribution in [-0.2, 0) is 14.8 Å². The molecule has 30 heavy (non-hydrogen) atoms. The molecule has 7 heteroatoms. The summed E-state index contributed by atoms with van der Waals surface area (Å²) in [7, 11) is -3.82. The number of sulfonamides is 1. The van der Waals surface area contributed by atoms with Crippen molar-refractivity contribution in [2.75, 3.05) is 18.5 Å². The molecule has 158 valence electrons. The lowest BCUT2D eigenvalue weighted by Crippen LogP contribution is -2.17. The SMILES string of the molecule is Cc1cc([C@@H](C)Nc2ccccc2S(N)(=O)=O)c2cc(C3CCCOC3)ncc2c1. The highest BCUT2D eigenvalue weighted by Crippen LogP contribution is 2.33. The molecule has 0 spiro atoms. The molecule has 1 aliphatic rings.